The summed E-state index contributed by atoms with van der Waals surface area (Å²) in [5, 5.41) is 4.10. The summed E-state index contributed by atoms with van der Waals surface area (Å²) in [5.74, 6) is -0.730. The largest absolute Gasteiger partial charge is 0.335 e. The fraction of sp³-hybridized carbons (Fsp3) is 0.125. The lowest BCUT2D eigenvalue weighted by Crippen LogP contribution is -2.29. The minimum Gasteiger partial charge on any atom is -0.335 e. The van der Waals surface area contributed by atoms with Crippen LogP contribution in [0.5, 0.6) is 0 Å². The van der Waals surface area contributed by atoms with Gasteiger partial charge in [0.1, 0.15) is 18.5 Å². The molecule has 0 radical (unpaired) electrons. The van der Waals surface area contributed by atoms with Crippen molar-refractivity contribution in [3.8, 4) is 5.69 Å². The number of hydrogen-bond donors (Lipinski definition) is 1. The Labute approximate surface area is 196 Å². The Hall–Kier alpha value is -4.05. The average Bonchev–Trinajstić information content (AvgIpc) is 3.38. The Morgan fingerprint density at radius 3 is 2.24 bits per heavy atom. The molecule has 3 aromatic carbocycles. The Morgan fingerprint density at radius 1 is 1.00 bits per heavy atom. The number of nitrogens with zero attached hydrogens (tertiary/aromatic N) is 4. The Morgan fingerprint density at radius 2 is 1.65 bits per heavy atom. The van der Waals surface area contributed by atoms with Crippen molar-refractivity contribution in [1.29, 1.82) is 0 Å². The SMILES string of the molecule is CC(c1ccc(-n2cncn2)cc1)N(C)C(=O)c1ccc(NS(=O)(=O)c2ccc(F)cc2)cc1. The van der Waals surface area contributed by atoms with Gasteiger partial charge in [-0.3, -0.25) is 9.52 Å². The van der Waals surface area contributed by atoms with Crippen LogP contribution >= 0.6 is 0 Å². The van der Waals surface area contributed by atoms with Gasteiger partial charge >= 0.3 is 0 Å². The van der Waals surface area contributed by atoms with Gasteiger partial charge in [-0.25, -0.2) is 22.5 Å². The minimum atomic E-state index is -3.87. The summed E-state index contributed by atoms with van der Waals surface area (Å²) >= 11 is 0. The summed E-state index contributed by atoms with van der Waals surface area (Å²) in [6, 6.07) is 18.1. The van der Waals surface area contributed by atoms with Gasteiger partial charge in [-0.15, -0.1) is 0 Å². The van der Waals surface area contributed by atoms with Gasteiger partial charge in [0.05, 0.1) is 16.6 Å². The van der Waals surface area contributed by atoms with Crippen LogP contribution in [0.25, 0.3) is 5.69 Å². The number of halogens is 1. The molecule has 8 nitrogen and oxygen atoms in total. The quantitative estimate of drug-likeness (QED) is 0.432. The minimum absolute atomic E-state index is 0.0579. The highest BCUT2D eigenvalue weighted by Gasteiger charge is 2.20. The summed E-state index contributed by atoms with van der Waals surface area (Å²) in [6.07, 6.45) is 3.07. The Bertz CT molecular complexity index is 1370. The summed E-state index contributed by atoms with van der Waals surface area (Å²) < 4.78 is 42.1. The maximum Gasteiger partial charge on any atom is 0.261 e. The molecule has 4 rings (SSSR count). The third-order valence-corrected chi connectivity index (χ3v) is 6.87. The first kappa shape index (κ1) is 23.1. The second-order valence-corrected chi connectivity index (χ2v) is 9.34. The molecule has 0 bridgehead atoms. The molecule has 0 aliphatic heterocycles. The first-order chi connectivity index (χ1) is 16.2. The number of aromatic nitrogens is 3. The Balaban J connectivity index is 1.43. The smallest absolute Gasteiger partial charge is 0.261 e. The van der Waals surface area contributed by atoms with E-state index in [-0.39, 0.29) is 16.8 Å². The number of carbonyl (C=O) groups excluding carboxylic acids is 1. The molecule has 0 fully saturated rings. The van der Waals surface area contributed by atoms with Gasteiger partial charge in [-0.2, -0.15) is 5.10 Å². The zero-order valence-corrected chi connectivity index (χ0v) is 19.3. The first-order valence-electron chi connectivity index (χ1n) is 10.4. The standard InChI is InChI=1S/C24H22FN5O3S/c1-17(18-5-11-22(12-6-18)30-16-26-15-27-30)29(2)24(31)19-3-9-21(10-4-19)28-34(32,33)23-13-7-20(25)8-14-23/h3-17,28H,1-2H3. The third-order valence-electron chi connectivity index (χ3n) is 5.47. The molecule has 0 spiro atoms. The van der Waals surface area contributed by atoms with E-state index in [0.29, 0.717) is 11.3 Å². The third kappa shape index (κ3) is 4.96. The van der Waals surface area contributed by atoms with Crippen molar-refractivity contribution in [3.05, 3.63) is 102 Å². The van der Waals surface area contributed by atoms with E-state index in [0.717, 1.165) is 23.4 Å². The molecule has 1 heterocycles. The van der Waals surface area contributed by atoms with Gasteiger partial charge in [0.15, 0.2) is 0 Å². The van der Waals surface area contributed by atoms with E-state index >= 15 is 0 Å². The van der Waals surface area contributed by atoms with Crippen molar-refractivity contribution >= 4 is 21.6 Å². The van der Waals surface area contributed by atoms with Crippen LogP contribution in [0.3, 0.4) is 0 Å². The van der Waals surface area contributed by atoms with Crippen molar-refractivity contribution in [2.24, 2.45) is 0 Å². The van der Waals surface area contributed by atoms with Crippen LogP contribution in [0.2, 0.25) is 0 Å². The molecule has 1 N–H and O–H groups in total. The lowest BCUT2D eigenvalue weighted by atomic mass is 10.1. The number of rotatable bonds is 7. The zero-order valence-electron chi connectivity index (χ0n) is 18.5. The van der Waals surface area contributed by atoms with E-state index in [4.69, 9.17) is 0 Å². The summed E-state index contributed by atoms with van der Waals surface area (Å²) in [6.45, 7) is 1.92. The molecule has 1 unspecified atom stereocenters. The van der Waals surface area contributed by atoms with Crippen molar-refractivity contribution in [3.63, 3.8) is 0 Å². The van der Waals surface area contributed by atoms with Crippen molar-refractivity contribution in [1.82, 2.24) is 19.7 Å². The maximum atomic E-state index is 13.1. The van der Waals surface area contributed by atoms with Gasteiger partial charge in [-0.1, -0.05) is 12.1 Å². The van der Waals surface area contributed by atoms with Crippen LogP contribution < -0.4 is 4.72 Å². The average molecular weight is 480 g/mol. The van der Waals surface area contributed by atoms with Crippen LogP contribution in [-0.4, -0.2) is 41.0 Å². The van der Waals surface area contributed by atoms with E-state index in [9.17, 15) is 17.6 Å². The van der Waals surface area contributed by atoms with Crippen LogP contribution in [-0.2, 0) is 10.0 Å². The Kier molecular flexibility index (Phi) is 6.42. The molecule has 1 aromatic heterocycles. The normalized spacial score (nSPS) is 12.2. The number of benzene rings is 3. The fourth-order valence-corrected chi connectivity index (χ4v) is 4.42. The van der Waals surface area contributed by atoms with E-state index < -0.39 is 15.8 Å². The first-order valence-corrected chi connectivity index (χ1v) is 11.8. The van der Waals surface area contributed by atoms with Gasteiger partial charge in [-0.05, 0) is 73.2 Å². The van der Waals surface area contributed by atoms with Gasteiger partial charge in [0.25, 0.3) is 15.9 Å². The van der Waals surface area contributed by atoms with Gasteiger partial charge in [0, 0.05) is 18.3 Å². The van der Waals surface area contributed by atoms with E-state index in [1.807, 2.05) is 31.2 Å². The summed E-state index contributed by atoms with van der Waals surface area (Å²) in [5.41, 5.74) is 2.52. The molecule has 4 aromatic rings. The molecule has 34 heavy (non-hydrogen) atoms. The van der Waals surface area contributed by atoms with Gasteiger partial charge < -0.3 is 4.90 Å². The fourth-order valence-electron chi connectivity index (χ4n) is 3.36. The molecule has 1 atom stereocenters. The predicted octanol–water partition coefficient (Wildman–Crippen LogP) is 4.04. The molecule has 10 heteroatoms. The summed E-state index contributed by atoms with van der Waals surface area (Å²) in [4.78, 5) is 18.5. The lowest BCUT2D eigenvalue weighted by Gasteiger charge is -2.25. The molecule has 0 aliphatic rings. The van der Waals surface area contributed by atoms with Crippen LogP contribution in [0.15, 0.2) is 90.3 Å². The van der Waals surface area contributed by atoms with Gasteiger partial charge in [0.2, 0.25) is 0 Å². The highest BCUT2D eigenvalue weighted by atomic mass is 32.2. The lowest BCUT2D eigenvalue weighted by molar-refractivity contribution is 0.0742. The van der Waals surface area contributed by atoms with Crippen molar-refractivity contribution in [2.45, 2.75) is 17.9 Å². The monoisotopic (exact) mass is 479 g/mol. The highest BCUT2D eigenvalue weighted by Crippen LogP contribution is 2.23. The maximum absolute atomic E-state index is 13.1. The van der Waals surface area contributed by atoms with Crippen LogP contribution in [0.1, 0.15) is 28.9 Å². The topological polar surface area (TPSA) is 97.2 Å². The number of hydrogen-bond acceptors (Lipinski definition) is 5. The van der Waals surface area contributed by atoms with Crippen LogP contribution in [0.4, 0.5) is 10.1 Å². The molecule has 0 aliphatic carbocycles. The summed E-state index contributed by atoms with van der Waals surface area (Å²) in [7, 11) is -2.16. The molecular weight excluding hydrogens is 457 g/mol. The second kappa shape index (κ2) is 9.44. The molecular formula is C24H22FN5O3S. The molecule has 174 valence electrons. The molecule has 0 saturated heterocycles. The zero-order chi connectivity index (χ0) is 24.3. The number of nitrogens with one attached hydrogen (secondary N) is 1. The second-order valence-electron chi connectivity index (χ2n) is 7.66. The predicted molar refractivity (Wildman–Crippen MR) is 126 cm³/mol. The highest BCUT2D eigenvalue weighted by molar-refractivity contribution is 7.92. The van der Waals surface area contributed by atoms with Crippen molar-refractivity contribution < 1.29 is 17.6 Å². The number of amides is 1. The van der Waals surface area contributed by atoms with E-state index in [1.54, 1.807) is 35.1 Å². The van der Waals surface area contributed by atoms with E-state index in [1.165, 1.54) is 30.6 Å². The molecule has 0 saturated carbocycles. The number of carbonyl (C=O) groups is 1. The number of anilines is 1. The van der Waals surface area contributed by atoms with Crippen LogP contribution in [0, 0.1) is 5.82 Å². The number of sulfonamides is 1. The van der Waals surface area contributed by atoms with E-state index in [2.05, 4.69) is 14.8 Å². The molecule has 1 amide bonds. The van der Waals surface area contributed by atoms with Crippen molar-refractivity contribution in [2.75, 3.05) is 11.8 Å².